The van der Waals surface area contributed by atoms with Crippen molar-refractivity contribution in [2.24, 2.45) is 0 Å². The molecule has 9 heteroatoms. The molecule has 0 saturated heterocycles. The Morgan fingerprint density at radius 2 is 1.58 bits per heavy atom. The van der Waals surface area contributed by atoms with Gasteiger partial charge in [0.15, 0.2) is 5.13 Å². The van der Waals surface area contributed by atoms with E-state index >= 15 is 0 Å². The minimum atomic E-state index is -3.77. The van der Waals surface area contributed by atoms with Gasteiger partial charge in [-0.15, -0.1) is 11.3 Å². The van der Waals surface area contributed by atoms with Gasteiger partial charge in [0.25, 0.3) is 15.9 Å². The average Bonchev–Trinajstić information content (AvgIpc) is 3.25. The van der Waals surface area contributed by atoms with E-state index in [1.807, 2.05) is 12.3 Å². The van der Waals surface area contributed by atoms with Gasteiger partial charge in [-0.3, -0.25) is 19.8 Å². The Labute approximate surface area is 196 Å². The molecule has 2 aromatic heterocycles. The van der Waals surface area contributed by atoms with Gasteiger partial charge in [-0.05, 0) is 79.9 Å². The first-order valence-corrected chi connectivity index (χ1v) is 12.5. The molecular weight excluding hydrogens is 456 g/mol. The fourth-order valence-electron chi connectivity index (χ4n) is 3.28. The molecule has 0 aliphatic rings. The minimum Gasteiger partial charge on any atom is -0.298 e. The molecule has 0 radical (unpaired) electrons. The van der Waals surface area contributed by atoms with Crippen LogP contribution in [0.2, 0.25) is 0 Å². The number of carbonyl (C=O) groups excluding carboxylic acids is 1. The maximum Gasteiger partial charge on any atom is 0.261 e. The molecule has 4 aromatic rings. The third kappa shape index (κ3) is 5.10. The third-order valence-electron chi connectivity index (χ3n) is 5.20. The summed E-state index contributed by atoms with van der Waals surface area (Å²) >= 11 is 1.34. The van der Waals surface area contributed by atoms with Gasteiger partial charge >= 0.3 is 0 Å². The van der Waals surface area contributed by atoms with Crippen LogP contribution in [0.3, 0.4) is 0 Å². The van der Waals surface area contributed by atoms with Crippen LogP contribution in [0.1, 0.15) is 27.0 Å². The largest absolute Gasteiger partial charge is 0.298 e. The molecule has 33 heavy (non-hydrogen) atoms. The molecule has 2 aromatic carbocycles. The van der Waals surface area contributed by atoms with Gasteiger partial charge < -0.3 is 0 Å². The predicted molar refractivity (Wildman–Crippen MR) is 131 cm³/mol. The topological polar surface area (TPSA) is 101 Å². The van der Waals surface area contributed by atoms with Crippen molar-refractivity contribution in [3.05, 3.63) is 88.6 Å². The van der Waals surface area contributed by atoms with E-state index < -0.39 is 10.0 Å². The Balaban J connectivity index is 1.47. The number of anilines is 2. The van der Waals surface area contributed by atoms with Crippen molar-refractivity contribution in [2.45, 2.75) is 25.7 Å². The lowest BCUT2D eigenvalue weighted by Gasteiger charge is -2.08. The second-order valence-electron chi connectivity index (χ2n) is 7.61. The van der Waals surface area contributed by atoms with E-state index in [0.717, 1.165) is 16.8 Å². The zero-order chi connectivity index (χ0) is 23.6. The molecule has 4 rings (SSSR count). The molecule has 2 heterocycles. The van der Waals surface area contributed by atoms with Crippen molar-refractivity contribution in [3.8, 4) is 11.3 Å². The number of benzene rings is 2. The molecule has 0 saturated carbocycles. The molecular formula is C24H22N4O3S2. The summed E-state index contributed by atoms with van der Waals surface area (Å²) in [4.78, 5) is 21.1. The van der Waals surface area contributed by atoms with Crippen molar-refractivity contribution in [2.75, 3.05) is 10.0 Å². The van der Waals surface area contributed by atoms with E-state index in [-0.39, 0.29) is 10.8 Å². The number of nitrogens with zero attached hydrogens (tertiary/aromatic N) is 2. The van der Waals surface area contributed by atoms with E-state index in [0.29, 0.717) is 16.4 Å². The van der Waals surface area contributed by atoms with E-state index in [2.05, 4.69) is 46.0 Å². The summed E-state index contributed by atoms with van der Waals surface area (Å²) in [7, 11) is -3.77. The van der Waals surface area contributed by atoms with Crippen molar-refractivity contribution in [1.29, 1.82) is 0 Å². The van der Waals surface area contributed by atoms with Gasteiger partial charge in [0, 0.05) is 28.9 Å². The maximum atomic E-state index is 12.7. The highest BCUT2D eigenvalue weighted by Crippen LogP contribution is 2.29. The van der Waals surface area contributed by atoms with Gasteiger partial charge in [-0.25, -0.2) is 13.4 Å². The first kappa shape index (κ1) is 22.6. The Bertz CT molecular complexity index is 1410. The van der Waals surface area contributed by atoms with Crippen LogP contribution < -0.4 is 10.0 Å². The molecule has 168 valence electrons. The summed E-state index contributed by atoms with van der Waals surface area (Å²) in [5, 5.41) is 5.17. The van der Waals surface area contributed by atoms with Crippen LogP contribution in [0, 0.1) is 20.8 Å². The summed E-state index contributed by atoms with van der Waals surface area (Å²) in [6, 6.07) is 13.1. The van der Waals surface area contributed by atoms with E-state index in [1.54, 1.807) is 12.1 Å². The molecule has 0 spiro atoms. The smallest absolute Gasteiger partial charge is 0.261 e. The lowest BCUT2D eigenvalue weighted by molar-refractivity contribution is 0.102. The van der Waals surface area contributed by atoms with E-state index in [9.17, 15) is 13.2 Å². The van der Waals surface area contributed by atoms with E-state index in [4.69, 9.17) is 0 Å². The fraction of sp³-hybridized carbons (Fsp3) is 0.125. The summed E-state index contributed by atoms with van der Waals surface area (Å²) in [6.07, 6.45) is 2.99. The SMILES string of the molecule is Cc1cc(C)c(-c2csc(NC(=O)c3ccc(S(=O)(=O)Nc4ccncc4)cc3)n2)cc1C. The monoisotopic (exact) mass is 478 g/mol. The highest BCUT2D eigenvalue weighted by atomic mass is 32.2. The summed E-state index contributed by atoms with van der Waals surface area (Å²) in [5.74, 6) is -0.362. The van der Waals surface area contributed by atoms with Crippen LogP contribution >= 0.6 is 11.3 Å². The van der Waals surface area contributed by atoms with Gasteiger partial charge in [0.2, 0.25) is 0 Å². The summed E-state index contributed by atoms with van der Waals surface area (Å²) in [6.45, 7) is 6.17. The molecule has 7 nitrogen and oxygen atoms in total. The molecule has 1 amide bonds. The molecule has 0 atom stereocenters. The number of sulfonamides is 1. The number of nitrogens with one attached hydrogen (secondary N) is 2. The average molecular weight is 479 g/mol. The lowest BCUT2D eigenvalue weighted by Crippen LogP contribution is -2.14. The number of carbonyl (C=O) groups is 1. The van der Waals surface area contributed by atoms with Crippen molar-refractivity contribution in [3.63, 3.8) is 0 Å². The second kappa shape index (κ2) is 9.13. The van der Waals surface area contributed by atoms with Crippen LogP contribution in [0.25, 0.3) is 11.3 Å². The van der Waals surface area contributed by atoms with Crippen molar-refractivity contribution in [1.82, 2.24) is 9.97 Å². The minimum absolute atomic E-state index is 0.0533. The standard InChI is InChI=1S/C24H22N4O3S2/c1-15-12-17(3)21(13-16(15)2)22-14-32-24(26-22)27-23(29)18-4-6-20(7-5-18)33(30,31)28-19-8-10-25-11-9-19/h4-14H,1-3H3,(H,25,28)(H,26,27,29). The lowest BCUT2D eigenvalue weighted by atomic mass is 9.99. The Kier molecular flexibility index (Phi) is 6.26. The normalized spacial score (nSPS) is 11.2. The number of amides is 1. The van der Waals surface area contributed by atoms with Crippen molar-refractivity contribution < 1.29 is 13.2 Å². The zero-order valence-corrected chi connectivity index (χ0v) is 19.9. The molecule has 0 bridgehead atoms. The quantitative estimate of drug-likeness (QED) is 0.397. The molecule has 2 N–H and O–H groups in total. The maximum absolute atomic E-state index is 12.7. The number of rotatable bonds is 6. The number of hydrogen-bond acceptors (Lipinski definition) is 6. The summed E-state index contributed by atoms with van der Waals surface area (Å²) in [5.41, 5.74) is 6.11. The fourth-order valence-corrected chi connectivity index (χ4v) is 5.04. The van der Waals surface area contributed by atoms with Crippen LogP contribution in [-0.4, -0.2) is 24.3 Å². The van der Waals surface area contributed by atoms with Crippen LogP contribution in [-0.2, 0) is 10.0 Å². The van der Waals surface area contributed by atoms with E-state index in [1.165, 1.54) is 59.1 Å². The molecule has 0 fully saturated rings. The second-order valence-corrected chi connectivity index (χ2v) is 10.1. The highest BCUT2D eigenvalue weighted by Gasteiger charge is 2.16. The van der Waals surface area contributed by atoms with Gasteiger partial charge in [0.1, 0.15) is 0 Å². The summed E-state index contributed by atoms with van der Waals surface area (Å²) < 4.78 is 27.6. The Morgan fingerprint density at radius 1 is 0.909 bits per heavy atom. The molecule has 0 aliphatic heterocycles. The first-order valence-electron chi connectivity index (χ1n) is 10.1. The predicted octanol–water partition coefficient (Wildman–Crippen LogP) is 5.18. The number of hydrogen-bond donors (Lipinski definition) is 2. The van der Waals surface area contributed by atoms with Crippen LogP contribution in [0.15, 0.2) is 71.2 Å². The number of aromatic nitrogens is 2. The van der Waals surface area contributed by atoms with Gasteiger partial charge in [0.05, 0.1) is 16.3 Å². The number of thiazole rings is 1. The number of pyridine rings is 1. The third-order valence-corrected chi connectivity index (χ3v) is 7.36. The molecule has 0 aliphatic carbocycles. The molecule has 0 unspecified atom stereocenters. The van der Waals surface area contributed by atoms with Gasteiger partial charge in [-0.2, -0.15) is 0 Å². The zero-order valence-electron chi connectivity index (χ0n) is 18.3. The van der Waals surface area contributed by atoms with Crippen LogP contribution in [0.5, 0.6) is 0 Å². The Hall–Kier alpha value is -3.56. The van der Waals surface area contributed by atoms with Crippen molar-refractivity contribution >= 4 is 38.1 Å². The first-order chi connectivity index (χ1) is 15.7. The number of aryl methyl sites for hydroxylation is 3. The van der Waals surface area contributed by atoms with Crippen LogP contribution in [0.4, 0.5) is 10.8 Å². The highest BCUT2D eigenvalue weighted by molar-refractivity contribution is 7.92. The van der Waals surface area contributed by atoms with Gasteiger partial charge in [-0.1, -0.05) is 6.07 Å². The Morgan fingerprint density at radius 3 is 2.27 bits per heavy atom.